The fourth-order valence-electron chi connectivity index (χ4n) is 1.93. The van der Waals surface area contributed by atoms with Gasteiger partial charge in [-0.05, 0) is 18.9 Å². The molecule has 0 saturated heterocycles. The minimum atomic E-state index is -0.479. The van der Waals surface area contributed by atoms with E-state index in [4.69, 9.17) is 17.3 Å². The van der Waals surface area contributed by atoms with E-state index < -0.39 is 6.04 Å². The lowest BCUT2D eigenvalue weighted by molar-refractivity contribution is -0.123. The zero-order valence-corrected chi connectivity index (χ0v) is 12.5. The van der Waals surface area contributed by atoms with Crippen LogP contribution in [-0.4, -0.2) is 27.0 Å². The van der Waals surface area contributed by atoms with Crippen molar-refractivity contribution in [2.45, 2.75) is 26.8 Å². The summed E-state index contributed by atoms with van der Waals surface area (Å²) in [5.74, 6) is 0.531. The molecule has 1 unspecified atom stereocenters. The Morgan fingerprint density at radius 2 is 2.20 bits per heavy atom. The summed E-state index contributed by atoms with van der Waals surface area (Å²) >= 11 is 5.88. The third kappa shape index (κ3) is 2.85. The average molecular weight is 296 g/mol. The number of aromatic nitrogens is 3. The van der Waals surface area contributed by atoms with E-state index in [0.717, 1.165) is 0 Å². The standard InChI is InChI=1S/C13H18ClN5O/c1-7(2)5-17-12(20)8(3)19-11-10(18-13(19)15)4-9(14)6-16-11/h4,6-8H,5H2,1-3H3,(H2,15,18)(H,17,20). The van der Waals surface area contributed by atoms with Gasteiger partial charge in [0.15, 0.2) is 5.65 Å². The van der Waals surface area contributed by atoms with E-state index in [-0.39, 0.29) is 11.9 Å². The van der Waals surface area contributed by atoms with Gasteiger partial charge < -0.3 is 11.1 Å². The van der Waals surface area contributed by atoms with E-state index in [1.807, 2.05) is 13.8 Å². The molecular weight excluding hydrogens is 278 g/mol. The number of fused-ring (bicyclic) bond motifs is 1. The monoisotopic (exact) mass is 295 g/mol. The zero-order chi connectivity index (χ0) is 14.9. The Labute approximate surface area is 122 Å². The van der Waals surface area contributed by atoms with Crippen molar-refractivity contribution in [3.63, 3.8) is 0 Å². The SMILES string of the molecule is CC(C)CNC(=O)C(C)n1c(N)nc2cc(Cl)cnc21. The number of nitrogen functional groups attached to an aromatic ring is 1. The normalized spacial score (nSPS) is 12.8. The quantitative estimate of drug-likeness (QED) is 0.903. The summed E-state index contributed by atoms with van der Waals surface area (Å²) in [4.78, 5) is 20.5. The minimum absolute atomic E-state index is 0.110. The maximum atomic E-state index is 12.1. The molecule has 6 nitrogen and oxygen atoms in total. The van der Waals surface area contributed by atoms with Crippen LogP contribution in [0.4, 0.5) is 5.95 Å². The number of amides is 1. The van der Waals surface area contributed by atoms with Gasteiger partial charge in [-0.1, -0.05) is 25.4 Å². The highest BCUT2D eigenvalue weighted by atomic mass is 35.5. The number of imidazole rings is 1. The first-order valence-electron chi connectivity index (χ1n) is 6.46. The van der Waals surface area contributed by atoms with Crippen LogP contribution in [0.3, 0.4) is 0 Å². The highest BCUT2D eigenvalue weighted by Crippen LogP contribution is 2.23. The second-order valence-electron chi connectivity index (χ2n) is 5.15. The Bertz CT molecular complexity index is 637. The van der Waals surface area contributed by atoms with Gasteiger partial charge in [0.25, 0.3) is 0 Å². The molecule has 2 aromatic heterocycles. The first kappa shape index (κ1) is 14.6. The van der Waals surface area contributed by atoms with Gasteiger partial charge >= 0.3 is 0 Å². The largest absolute Gasteiger partial charge is 0.369 e. The van der Waals surface area contributed by atoms with Crippen molar-refractivity contribution in [1.82, 2.24) is 19.9 Å². The molecule has 0 radical (unpaired) electrons. The van der Waals surface area contributed by atoms with Gasteiger partial charge in [0.1, 0.15) is 11.6 Å². The Morgan fingerprint density at radius 1 is 1.50 bits per heavy atom. The van der Waals surface area contributed by atoms with Crippen LogP contribution in [-0.2, 0) is 4.79 Å². The van der Waals surface area contributed by atoms with Crippen molar-refractivity contribution < 1.29 is 4.79 Å². The topological polar surface area (TPSA) is 85.8 Å². The van der Waals surface area contributed by atoms with Gasteiger partial charge in [-0.25, -0.2) is 9.97 Å². The van der Waals surface area contributed by atoms with E-state index >= 15 is 0 Å². The van der Waals surface area contributed by atoms with Gasteiger partial charge in [-0.3, -0.25) is 9.36 Å². The molecule has 0 aliphatic rings. The molecule has 1 amide bonds. The lowest BCUT2D eigenvalue weighted by Crippen LogP contribution is -2.33. The Hall–Kier alpha value is -1.82. The predicted molar refractivity (Wildman–Crippen MR) is 79.5 cm³/mol. The number of nitrogens with one attached hydrogen (secondary N) is 1. The van der Waals surface area contributed by atoms with Gasteiger partial charge in [-0.15, -0.1) is 0 Å². The number of carbonyl (C=O) groups excluding carboxylic acids is 1. The summed E-state index contributed by atoms with van der Waals surface area (Å²) in [6, 6.07) is 1.20. The summed E-state index contributed by atoms with van der Waals surface area (Å²) in [6.07, 6.45) is 1.51. The van der Waals surface area contributed by atoms with E-state index in [1.165, 1.54) is 6.20 Å². The van der Waals surface area contributed by atoms with E-state index in [0.29, 0.717) is 28.6 Å². The van der Waals surface area contributed by atoms with Crippen molar-refractivity contribution in [1.29, 1.82) is 0 Å². The van der Waals surface area contributed by atoms with Crippen LogP contribution in [0.15, 0.2) is 12.3 Å². The number of nitrogens with two attached hydrogens (primary N) is 1. The summed E-state index contributed by atoms with van der Waals surface area (Å²) in [6.45, 7) is 6.46. The molecule has 0 aliphatic carbocycles. The highest BCUT2D eigenvalue weighted by Gasteiger charge is 2.21. The van der Waals surface area contributed by atoms with Gasteiger partial charge in [0.05, 0.1) is 5.02 Å². The fraction of sp³-hybridized carbons (Fsp3) is 0.462. The van der Waals surface area contributed by atoms with Crippen LogP contribution in [0.25, 0.3) is 11.2 Å². The summed E-state index contributed by atoms with van der Waals surface area (Å²) in [7, 11) is 0. The van der Waals surface area contributed by atoms with E-state index in [2.05, 4.69) is 15.3 Å². The second-order valence-corrected chi connectivity index (χ2v) is 5.59. The average Bonchev–Trinajstić information content (AvgIpc) is 2.69. The molecule has 0 bridgehead atoms. The van der Waals surface area contributed by atoms with Crippen LogP contribution in [0.1, 0.15) is 26.8 Å². The number of nitrogens with zero attached hydrogens (tertiary/aromatic N) is 3. The smallest absolute Gasteiger partial charge is 0.242 e. The lowest BCUT2D eigenvalue weighted by atomic mass is 10.2. The fourth-order valence-corrected chi connectivity index (χ4v) is 2.08. The molecule has 108 valence electrons. The number of hydrogen-bond acceptors (Lipinski definition) is 4. The maximum absolute atomic E-state index is 12.1. The third-order valence-electron chi connectivity index (χ3n) is 2.98. The summed E-state index contributed by atoms with van der Waals surface area (Å²) in [5.41, 5.74) is 7.02. The number of carbonyl (C=O) groups is 1. The molecule has 0 saturated carbocycles. The number of halogens is 1. The van der Waals surface area contributed by atoms with Crippen molar-refractivity contribution in [2.24, 2.45) is 5.92 Å². The summed E-state index contributed by atoms with van der Waals surface area (Å²) in [5, 5.41) is 3.36. The van der Waals surface area contributed by atoms with Crippen molar-refractivity contribution in [2.75, 3.05) is 12.3 Å². The zero-order valence-electron chi connectivity index (χ0n) is 11.7. The minimum Gasteiger partial charge on any atom is -0.369 e. The highest BCUT2D eigenvalue weighted by molar-refractivity contribution is 6.31. The van der Waals surface area contributed by atoms with E-state index in [9.17, 15) is 4.79 Å². The molecule has 0 aromatic carbocycles. The third-order valence-corrected chi connectivity index (χ3v) is 3.18. The molecule has 0 aliphatic heterocycles. The van der Waals surface area contributed by atoms with Gasteiger partial charge in [-0.2, -0.15) is 0 Å². The van der Waals surface area contributed by atoms with Crippen molar-refractivity contribution >= 4 is 34.6 Å². The molecule has 2 heterocycles. The number of anilines is 1. The van der Waals surface area contributed by atoms with Gasteiger partial charge in [0.2, 0.25) is 11.9 Å². The van der Waals surface area contributed by atoms with Gasteiger partial charge in [0, 0.05) is 12.7 Å². The van der Waals surface area contributed by atoms with Crippen molar-refractivity contribution in [3.8, 4) is 0 Å². The number of hydrogen-bond donors (Lipinski definition) is 2. The molecule has 2 aromatic rings. The van der Waals surface area contributed by atoms with Crippen LogP contribution in [0, 0.1) is 5.92 Å². The summed E-state index contributed by atoms with van der Waals surface area (Å²) < 4.78 is 1.61. The lowest BCUT2D eigenvalue weighted by Gasteiger charge is -2.16. The molecule has 0 fully saturated rings. The van der Waals surface area contributed by atoms with Crippen LogP contribution >= 0.6 is 11.6 Å². The molecule has 20 heavy (non-hydrogen) atoms. The predicted octanol–water partition coefficient (Wildman–Crippen LogP) is 2.00. The Kier molecular flexibility index (Phi) is 4.13. The Morgan fingerprint density at radius 3 is 2.85 bits per heavy atom. The number of rotatable bonds is 4. The molecule has 7 heteroatoms. The van der Waals surface area contributed by atoms with E-state index in [1.54, 1.807) is 17.6 Å². The van der Waals surface area contributed by atoms with Crippen molar-refractivity contribution in [3.05, 3.63) is 17.3 Å². The first-order chi connectivity index (χ1) is 9.40. The molecule has 2 rings (SSSR count). The number of pyridine rings is 1. The molecule has 0 spiro atoms. The first-order valence-corrected chi connectivity index (χ1v) is 6.84. The second kappa shape index (κ2) is 5.66. The molecular formula is C13H18ClN5O. The maximum Gasteiger partial charge on any atom is 0.242 e. The molecule has 1 atom stereocenters. The van der Waals surface area contributed by atoms with Crippen LogP contribution < -0.4 is 11.1 Å². The van der Waals surface area contributed by atoms with Crippen LogP contribution in [0.5, 0.6) is 0 Å². The molecule has 3 N–H and O–H groups in total. The van der Waals surface area contributed by atoms with Crippen LogP contribution in [0.2, 0.25) is 5.02 Å². The Balaban J connectivity index is 2.32.